The Morgan fingerprint density at radius 3 is 2.44 bits per heavy atom. The molecule has 2 bridgehead atoms. The predicted octanol–water partition coefficient (Wildman–Crippen LogP) is 2.16. The highest BCUT2D eigenvalue weighted by atomic mass is 32.2. The number of aromatic hydroxyl groups is 1. The molecule has 0 radical (unpaired) electrons. The SMILES string of the molecule is CS(=O)(=O)c1ccc(O)c2c1C1CCC2C1. The van der Waals surface area contributed by atoms with Crippen molar-refractivity contribution in [2.75, 3.05) is 6.26 Å². The third kappa shape index (κ3) is 1.22. The van der Waals surface area contributed by atoms with Gasteiger partial charge in [-0.3, -0.25) is 0 Å². The molecule has 0 aromatic heterocycles. The van der Waals surface area contributed by atoms with E-state index in [1.165, 1.54) is 12.3 Å². The van der Waals surface area contributed by atoms with E-state index in [2.05, 4.69) is 0 Å². The van der Waals surface area contributed by atoms with E-state index in [1.54, 1.807) is 6.07 Å². The van der Waals surface area contributed by atoms with Crippen molar-refractivity contribution in [3.05, 3.63) is 23.3 Å². The van der Waals surface area contributed by atoms with Crippen LogP contribution in [0.5, 0.6) is 5.75 Å². The number of sulfone groups is 1. The molecule has 2 aliphatic carbocycles. The van der Waals surface area contributed by atoms with Gasteiger partial charge in [0.05, 0.1) is 4.90 Å². The van der Waals surface area contributed by atoms with Crippen LogP contribution < -0.4 is 0 Å². The number of hydrogen-bond acceptors (Lipinski definition) is 3. The van der Waals surface area contributed by atoms with Crippen LogP contribution in [-0.2, 0) is 9.84 Å². The van der Waals surface area contributed by atoms with Crippen molar-refractivity contribution in [1.82, 2.24) is 0 Å². The molecule has 2 atom stereocenters. The molecule has 3 nitrogen and oxygen atoms in total. The van der Waals surface area contributed by atoms with Crippen LogP contribution in [0.1, 0.15) is 42.2 Å². The van der Waals surface area contributed by atoms with Gasteiger partial charge in [-0.1, -0.05) is 0 Å². The van der Waals surface area contributed by atoms with Gasteiger partial charge in [-0.2, -0.15) is 0 Å². The quantitative estimate of drug-likeness (QED) is 0.815. The smallest absolute Gasteiger partial charge is 0.175 e. The molecule has 16 heavy (non-hydrogen) atoms. The number of benzene rings is 1. The lowest BCUT2D eigenvalue weighted by atomic mass is 9.91. The van der Waals surface area contributed by atoms with Gasteiger partial charge in [0, 0.05) is 11.8 Å². The van der Waals surface area contributed by atoms with E-state index in [0.717, 1.165) is 30.4 Å². The second-order valence-electron chi connectivity index (χ2n) is 4.89. The maximum absolute atomic E-state index is 11.7. The summed E-state index contributed by atoms with van der Waals surface area (Å²) in [4.78, 5) is 0.424. The standard InChI is InChI=1S/C12H14O3S/c1-16(14,15)10-5-4-9(13)11-7-2-3-8(6-7)12(10)11/h4-5,7-8,13H,2-3,6H2,1H3. The minimum atomic E-state index is -3.18. The van der Waals surface area contributed by atoms with Gasteiger partial charge in [-0.25, -0.2) is 8.42 Å². The van der Waals surface area contributed by atoms with Crippen molar-refractivity contribution < 1.29 is 13.5 Å². The molecule has 1 aromatic rings. The zero-order valence-corrected chi connectivity index (χ0v) is 9.92. The summed E-state index contributed by atoms with van der Waals surface area (Å²) >= 11 is 0. The summed E-state index contributed by atoms with van der Waals surface area (Å²) in [6, 6.07) is 3.07. The van der Waals surface area contributed by atoms with E-state index in [9.17, 15) is 13.5 Å². The predicted molar refractivity (Wildman–Crippen MR) is 60.5 cm³/mol. The molecule has 2 aliphatic rings. The zero-order chi connectivity index (χ0) is 11.5. The van der Waals surface area contributed by atoms with Crippen LogP contribution in [0, 0.1) is 0 Å². The van der Waals surface area contributed by atoms with Gasteiger partial charge in [0.2, 0.25) is 0 Å². The highest BCUT2D eigenvalue weighted by Gasteiger charge is 2.41. The molecule has 0 amide bonds. The molecule has 4 heteroatoms. The van der Waals surface area contributed by atoms with Crippen LogP contribution in [0.3, 0.4) is 0 Å². The molecule has 0 aliphatic heterocycles. The van der Waals surface area contributed by atoms with Crippen molar-refractivity contribution in [2.45, 2.75) is 36.0 Å². The van der Waals surface area contributed by atoms with Gasteiger partial charge < -0.3 is 5.11 Å². The largest absolute Gasteiger partial charge is 0.508 e. The Morgan fingerprint density at radius 2 is 1.81 bits per heavy atom. The van der Waals surface area contributed by atoms with Gasteiger partial charge in [0.25, 0.3) is 0 Å². The van der Waals surface area contributed by atoms with E-state index < -0.39 is 9.84 Å². The number of fused-ring (bicyclic) bond motifs is 5. The lowest BCUT2D eigenvalue weighted by Gasteiger charge is -2.19. The average molecular weight is 238 g/mol. The Kier molecular flexibility index (Phi) is 1.90. The minimum Gasteiger partial charge on any atom is -0.508 e. The van der Waals surface area contributed by atoms with E-state index in [-0.39, 0.29) is 5.75 Å². The second kappa shape index (κ2) is 3.00. The molecule has 0 spiro atoms. The van der Waals surface area contributed by atoms with Crippen molar-refractivity contribution >= 4 is 9.84 Å². The molecular weight excluding hydrogens is 224 g/mol. The molecule has 2 unspecified atom stereocenters. The average Bonchev–Trinajstić information content (AvgIpc) is 2.76. The Hall–Kier alpha value is -1.03. The van der Waals surface area contributed by atoms with Gasteiger partial charge in [-0.15, -0.1) is 0 Å². The van der Waals surface area contributed by atoms with E-state index in [0.29, 0.717) is 16.7 Å². The molecule has 86 valence electrons. The fourth-order valence-corrected chi connectivity index (χ4v) is 4.28. The van der Waals surface area contributed by atoms with Gasteiger partial charge >= 0.3 is 0 Å². The number of phenolic OH excluding ortho intramolecular Hbond substituents is 1. The third-order valence-electron chi connectivity index (χ3n) is 3.87. The van der Waals surface area contributed by atoms with Gasteiger partial charge in [0.15, 0.2) is 9.84 Å². The van der Waals surface area contributed by atoms with Crippen LogP contribution in [0.15, 0.2) is 17.0 Å². The summed E-state index contributed by atoms with van der Waals surface area (Å²) in [6.07, 6.45) is 4.39. The molecule has 1 fully saturated rings. The Morgan fingerprint density at radius 1 is 1.19 bits per heavy atom. The molecule has 1 saturated carbocycles. The lowest BCUT2D eigenvalue weighted by Crippen LogP contribution is -2.07. The molecule has 1 N–H and O–H groups in total. The first kappa shape index (κ1) is 10.1. The van der Waals surface area contributed by atoms with Crippen LogP contribution in [0.25, 0.3) is 0 Å². The monoisotopic (exact) mass is 238 g/mol. The fraction of sp³-hybridized carbons (Fsp3) is 0.500. The molecule has 0 saturated heterocycles. The first-order chi connectivity index (χ1) is 7.48. The summed E-state index contributed by atoms with van der Waals surface area (Å²) in [5.41, 5.74) is 1.80. The number of rotatable bonds is 1. The maximum Gasteiger partial charge on any atom is 0.175 e. The van der Waals surface area contributed by atoms with Crippen LogP contribution in [-0.4, -0.2) is 19.8 Å². The Labute approximate surface area is 95.0 Å². The third-order valence-corrected chi connectivity index (χ3v) is 5.03. The molecule has 0 heterocycles. The highest BCUT2D eigenvalue weighted by molar-refractivity contribution is 7.90. The summed E-state index contributed by atoms with van der Waals surface area (Å²) in [7, 11) is -3.18. The Balaban J connectivity index is 2.33. The van der Waals surface area contributed by atoms with E-state index in [4.69, 9.17) is 0 Å². The first-order valence-corrected chi connectivity index (χ1v) is 7.43. The van der Waals surface area contributed by atoms with Gasteiger partial charge in [0.1, 0.15) is 5.75 Å². The molecule has 1 aromatic carbocycles. The minimum absolute atomic E-state index is 0.273. The van der Waals surface area contributed by atoms with Crippen molar-refractivity contribution in [3.63, 3.8) is 0 Å². The van der Waals surface area contributed by atoms with Gasteiger partial charge in [-0.05, 0) is 48.8 Å². The molecular formula is C12H14O3S. The van der Waals surface area contributed by atoms with E-state index in [1.807, 2.05) is 0 Å². The normalized spacial score (nSPS) is 27.1. The van der Waals surface area contributed by atoms with Crippen LogP contribution in [0.2, 0.25) is 0 Å². The first-order valence-electron chi connectivity index (χ1n) is 5.54. The highest BCUT2D eigenvalue weighted by Crippen LogP contribution is 2.57. The molecule has 3 rings (SSSR count). The summed E-state index contributed by atoms with van der Waals surface area (Å²) in [5.74, 6) is 0.994. The number of phenols is 1. The maximum atomic E-state index is 11.7. The van der Waals surface area contributed by atoms with E-state index >= 15 is 0 Å². The number of hydrogen-bond donors (Lipinski definition) is 1. The zero-order valence-electron chi connectivity index (χ0n) is 9.10. The van der Waals surface area contributed by atoms with Crippen LogP contribution in [0.4, 0.5) is 0 Å². The summed E-state index contributed by atoms with van der Waals surface area (Å²) in [6.45, 7) is 0. The van der Waals surface area contributed by atoms with Crippen molar-refractivity contribution in [2.24, 2.45) is 0 Å². The lowest BCUT2D eigenvalue weighted by molar-refractivity contribution is 0.460. The van der Waals surface area contributed by atoms with Crippen molar-refractivity contribution in [3.8, 4) is 5.75 Å². The summed E-state index contributed by atoms with van der Waals surface area (Å²) < 4.78 is 23.4. The topological polar surface area (TPSA) is 54.4 Å². The fourth-order valence-electron chi connectivity index (χ4n) is 3.28. The van der Waals surface area contributed by atoms with Crippen LogP contribution >= 0.6 is 0 Å². The van der Waals surface area contributed by atoms with Crippen molar-refractivity contribution in [1.29, 1.82) is 0 Å². The summed E-state index contributed by atoms with van der Waals surface area (Å²) in [5, 5.41) is 9.85. The Bertz CT molecular complexity index is 560. The second-order valence-corrected chi connectivity index (χ2v) is 6.87.